The SMILES string of the molecule is CCOC(=O)CN(C)Cc1cscn1. The molecular weight excluding hydrogens is 200 g/mol. The largest absolute Gasteiger partial charge is 0.465 e. The second kappa shape index (κ2) is 5.72. The molecule has 0 aliphatic heterocycles. The maximum Gasteiger partial charge on any atom is 0.320 e. The number of hydrogen-bond donors (Lipinski definition) is 0. The number of rotatable bonds is 5. The number of ether oxygens (including phenoxy) is 1. The second-order valence-electron chi connectivity index (χ2n) is 2.96. The third-order valence-corrected chi connectivity index (χ3v) is 2.26. The Labute approximate surface area is 87.5 Å². The van der Waals surface area contributed by atoms with Gasteiger partial charge in [0.05, 0.1) is 24.4 Å². The molecule has 0 aromatic carbocycles. The summed E-state index contributed by atoms with van der Waals surface area (Å²) >= 11 is 1.56. The highest BCUT2D eigenvalue weighted by Gasteiger charge is 2.07. The number of carbonyl (C=O) groups is 1. The normalized spacial score (nSPS) is 10.5. The summed E-state index contributed by atoms with van der Waals surface area (Å²) in [5, 5.41) is 1.97. The van der Waals surface area contributed by atoms with Crippen LogP contribution in [-0.2, 0) is 16.1 Å². The van der Waals surface area contributed by atoms with Gasteiger partial charge in [-0.15, -0.1) is 11.3 Å². The first kappa shape index (κ1) is 11.1. The van der Waals surface area contributed by atoms with Gasteiger partial charge in [0.2, 0.25) is 0 Å². The highest BCUT2D eigenvalue weighted by atomic mass is 32.1. The van der Waals surface area contributed by atoms with Crippen molar-refractivity contribution in [3.63, 3.8) is 0 Å². The van der Waals surface area contributed by atoms with Crippen molar-refractivity contribution in [3.05, 3.63) is 16.6 Å². The molecule has 0 fully saturated rings. The fourth-order valence-electron chi connectivity index (χ4n) is 1.08. The Kier molecular flexibility index (Phi) is 4.55. The van der Waals surface area contributed by atoms with Crippen LogP contribution in [0.15, 0.2) is 10.9 Å². The summed E-state index contributed by atoms with van der Waals surface area (Å²) in [6.45, 7) is 3.23. The molecule has 0 N–H and O–H groups in total. The van der Waals surface area contributed by atoms with Gasteiger partial charge < -0.3 is 4.74 Å². The average Bonchev–Trinajstić information content (AvgIpc) is 2.56. The number of carbonyl (C=O) groups excluding carboxylic acids is 1. The van der Waals surface area contributed by atoms with Gasteiger partial charge in [0.1, 0.15) is 0 Å². The quantitative estimate of drug-likeness (QED) is 0.689. The van der Waals surface area contributed by atoms with Crippen LogP contribution in [0.25, 0.3) is 0 Å². The van der Waals surface area contributed by atoms with Crippen molar-refractivity contribution >= 4 is 17.3 Å². The fourth-order valence-corrected chi connectivity index (χ4v) is 1.62. The minimum Gasteiger partial charge on any atom is -0.465 e. The molecule has 4 nitrogen and oxygen atoms in total. The van der Waals surface area contributed by atoms with Crippen LogP contribution in [0.2, 0.25) is 0 Å². The first-order valence-electron chi connectivity index (χ1n) is 4.43. The van der Waals surface area contributed by atoms with E-state index >= 15 is 0 Å². The van der Waals surface area contributed by atoms with Gasteiger partial charge in [0.25, 0.3) is 0 Å². The minimum atomic E-state index is -0.190. The molecule has 1 aromatic rings. The summed E-state index contributed by atoms with van der Waals surface area (Å²) in [4.78, 5) is 17.1. The van der Waals surface area contributed by atoms with E-state index < -0.39 is 0 Å². The van der Waals surface area contributed by atoms with Crippen LogP contribution in [0.3, 0.4) is 0 Å². The van der Waals surface area contributed by atoms with E-state index in [9.17, 15) is 4.79 Å². The van der Waals surface area contributed by atoms with Gasteiger partial charge in [-0.05, 0) is 14.0 Å². The lowest BCUT2D eigenvalue weighted by Crippen LogP contribution is -2.27. The van der Waals surface area contributed by atoms with Gasteiger partial charge in [-0.1, -0.05) is 0 Å². The van der Waals surface area contributed by atoms with Crippen LogP contribution in [0.1, 0.15) is 12.6 Å². The summed E-state index contributed by atoms with van der Waals surface area (Å²) < 4.78 is 4.83. The number of hydrogen-bond acceptors (Lipinski definition) is 5. The van der Waals surface area contributed by atoms with Crippen molar-refractivity contribution in [2.24, 2.45) is 0 Å². The van der Waals surface area contributed by atoms with Crippen LogP contribution in [0, 0.1) is 0 Å². The third-order valence-electron chi connectivity index (χ3n) is 1.62. The molecule has 0 unspecified atom stereocenters. The Morgan fingerprint density at radius 1 is 1.71 bits per heavy atom. The molecule has 14 heavy (non-hydrogen) atoms. The van der Waals surface area contributed by atoms with E-state index in [4.69, 9.17) is 4.74 Å². The monoisotopic (exact) mass is 214 g/mol. The van der Waals surface area contributed by atoms with Crippen LogP contribution in [0.5, 0.6) is 0 Å². The molecule has 0 atom stereocenters. The zero-order valence-corrected chi connectivity index (χ0v) is 9.21. The Hall–Kier alpha value is -0.940. The average molecular weight is 214 g/mol. The Morgan fingerprint density at radius 3 is 3.07 bits per heavy atom. The molecule has 1 aromatic heterocycles. The molecule has 78 valence electrons. The van der Waals surface area contributed by atoms with Crippen LogP contribution in [-0.4, -0.2) is 36.1 Å². The molecule has 1 heterocycles. The van der Waals surface area contributed by atoms with Gasteiger partial charge in [-0.2, -0.15) is 0 Å². The number of nitrogens with zero attached hydrogens (tertiary/aromatic N) is 2. The van der Waals surface area contributed by atoms with Crippen molar-refractivity contribution in [1.82, 2.24) is 9.88 Å². The standard InChI is InChI=1S/C9H14N2O2S/c1-3-13-9(12)5-11(2)4-8-6-14-7-10-8/h6-7H,3-5H2,1-2H3. The van der Waals surface area contributed by atoms with E-state index in [1.54, 1.807) is 23.8 Å². The Balaban J connectivity index is 2.29. The molecule has 5 heteroatoms. The molecule has 0 aliphatic rings. The molecule has 0 spiro atoms. The lowest BCUT2D eigenvalue weighted by molar-refractivity contribution is -0.144. The fraction of sp³-hybridized carbons (Fsp3) is 0.556. The maximum atomic E-state index is 11.1. The van der Waals surface area contributed by atoms with E-state index in [0.29, 0.717) is 19.7 Å². The van der Waals surface area contributed by atoms with Crippen LogP contribution < -0.4 is 0 Å². The van der Waals surface area contributed by atoms with Gasteiger partial charge in [-0.3, -0.25) is 9.69 Å². The van der Waals surface area contributed by atoms with Gasteiger partial charge in [-0.25, -0.2) is 4.98 Å². The molecule has 0 aliphatic carbocycles. The summed E-state index contributed by atoms with van der Waals surface area (Å²) in [5.41, 5.74) is 2.77. The predicted molar refractivity (Wildman–Crippen MR) is 55.1 cm³/mol. The number of thiazole rings is 1. The second-order valence-corrected chi connectivity index (χ2v) is 3.68. The number of esters is 1. The first-order valence-corrected chi connectivity index (χ1v) is 5.38. The van der Waals surface area contributed by atoms with Gasteiger partial charge in [0, 0.05) is 11.9 Å². The summed E-state index contributed by atoms with van der Waals surface area (Å²) in [7, 11) is 1.87. The third kappa shape index (κ3) is 3.85. The zero-order chi connectivity index (χ0) is 10.4. The topological polar surface area (TPSA) is 42.4 Å². The van der Waals surface area contributed by atoms with E-state index in [-0.39, 0.29) is 5.97 Å². The highest BCUT2D eigenvalue weighted by Crippen LogP contribution is 2.03. The van der Waals surface area contributed by atoms with Crippen LogP contribution >= 0.6 is 11.3 Å². The molecule has 0 bridgehead atoms. The highest BCUT2D eigenvalue weighted by molar-refractivity contribution is 7.07. The summed E-state index contributed by atoms with van der Waals surface area (Å²) in [5.74, 6) is -0.190. The van der Waals surface area contributed by atoms with E-state index in [1.807, 2.05) is 17.3 Å². The van der Waals surface area contributed by atoms with Crippen molar-refractivity contribution in [2.75, 3.05) is 20.2 Å². The first-order chi connectivity index (χ1) is 6.72. The van der Waals surface area contributed by atoms with Crippen molar-refractivity contribution in [3.8, 4) is 0 Å². The van der Waals surface area contributed by atoms with E-state index in [2.05, 4.69) is 4.98 Å². The van der Waals surface area contributed by atoms with Crippen molar-refractivity contribution < 1.29 is 9.53 Å². The molecule has 0 saturated heterocycles. The molecule has 0 amide bonds. The minimum absolute atomic E-state index is 0.190. The number of aromatic nitrogens is 1. The van der Waals surface area contributed by atoms with Crippen LogP contribution in [0.4, 0.5) is 0 Å². The van der Waals surface area contributed by atoms with Crippen molar-refractivity contribution in [1.29, 1.82) is 0 Å². The molecule has 1 rings (SSSR count). The lowest BCUT2D eigenvalue weighted by atomic mass is 10.4. The van der Waals surface area contributed by atoms with E-state index in [1.165, 1.54) is 0 Å². The number of likely N-dealkylation sites (N-methyl/N-ethyl adjacent to an activating group) is 1. The summed E-state index contributed by atoms with van der Waals surface area (Å²) in [6.07, 6.45) is 0. The van der Waals surface area contributed by atoms with Gasteiger partial charge in [0.15, 0.2) is 0 Å². The Morgan fingerprint density at radius 2 is 2.50 bits per heavy atom. The molecule has 0 radical (unpaired) electrons. The predicted octanol–water partition coefficient (Wildman–Crippen LogP) is 1.14. The smallest absolute Gasteiger partial charge is 0.320 e. The maximum absolute atomic E-state index is 11.1. The van der Waals surface area contributed by atoms with Gasteiger partial charge >= 0.3 is 5.97 Å². The lowest BCUT2D eigenvalue weighted by Gasteiger charge is -2.13. The Bertz CT molecular complexity index is 274. The zero-order valence-electron chi connectivity index (χ0n) is 8.40. The summed E-state index contributed by atoms with van der Waals surface area (Å²) in [6, 6.07) is 0. The van der Waals surface area contributed by atoms with Crippen molar-refractivity contribution in [2.45, 2.75) is 13.5 Å². The molecular formula is C9H14N2O2S. The molecule has 0 saturated carbocycles. The van der Waals surface area contributed by atoms with E-state index in [0.717, 1.165) is 5.69 Å².